The highest BCUT2D eigenvalue weighted by molar-refractivity contribution is 9.10. The van der Waals surface area contributed by atoms with Crippen LogP contribution >= 0.6 is 15.9 Å². The molecule has 2 N–H and O–H groups in total. The van der Waals surface area contributed by atoms with Crippen LogP contribution in [0.4, 0.5) is 0 Å². The van der Waals surface area contributed by atoms with Crippen LogP contribution in [0.3, 0.4) is 0 Å². The number of methoxy groups -OCH3 is 1. The van der Waals surface area contributed by atoms with Crippen LogP contribution < -0.4 is 9.47 Å². The van der Waals surface area contributed by atoms with Crippen LogP contribution in [0, 0.1) is 0 Å². The molecule has 2 atom stereocenters. The van der Waals surface area contributed by atoms with E-state index in [0.717, 1.165) is 32.1 Å². The molecule has 2 unspecified atom stereocenters. The predicted octanol–water partition coefficient (Wildman–Crippen LogP) is 3.23. The average molecular weight is 359 g/mol. The fraction of sp³-hybridized carbons (Fsp3) is 0.533. The third kappa shape index (κ3) is 3.89. The zero-order valence-electron chi connectivity index (χ0n) is 11.8. The van der Waals surface area contributed by atoms with E-state index in [1.54, 1.807) is 0 Å². The van der Waals surface area contributed by atoms with Crippen molar-refractivity contribution in [1.29, 1.82) is 0 Å². The van der Waals surface area contributed by atoms with Gasteiger partial charge in [-0.25, -0.2) is 4.79 Å². The van der Waals surface area contributed by atoms with Gasteiger partial charge in [-0.2, -0.15) is 0 Å². The molecule has 1 aliphatic rings. The van der Waals surface area contributed by atoms with E-state index in [0.29, 0.717) is 16.0 Å². The number of aromatic carboxylic acids is 1. The number of carboxylic acid groups (broad SMARTS) is 1. The van der Waals surface area contributed by atoms with E-state index in [2.05, 4.69) is 15.9 Å². The molecule has 1 aliphatic carbocycles. The SMILES string of the molecule is COc1cc(C(=O)O)cc(Br)c1OC1CCCCCC1O. The first-order valence-corrected chi connectivity index (χ1v) is 7.77. The van der Waals surface area contributed by atoms with Crippen molar-refractivity contribution in [3.05, 3.63) is 22.2 Å². The number of hydrogen-bond donors (Lipinski definition) is 2. The maximum Gasteiger partial charge on any atom is 0.335 e. The van der Waals surface area contributed by atoms with Crippen LogP contribution in [0.25, 0.3) is 0 Å². The van der Waals surface area contributed by atoms with Crippen molar-refractivity contribution in [3.63, 3.8) is 0 Å². The second kappa shape index (κ2) is 7.13. The van der Waals surface area contributed by atoms with Gasteiger partial charge < -0.3 is 19.7 Å². The molecule has 0 amide bonds. The van der Waals surface area contributed by atoms with Gasteiger partial charge in [-0.1, -0.05) is 12.8 Å². The first kappa shape index (κ1) is 16.1. The maximum absolute atomic E-state index is 11.1. The van der Waals surface area contributed by atoms with E-state index in [9.17, 15) is 9.90 Å². The predicted molar refractivity (Wildman–Crippen MR) is 81.2 cm³/mol. The quantitative estimate of drug-likeness (QED) is 0.808. The highest BCUT2D eigenvalue weighted by Crippen LogP contribution is 2.38. The van der Waals surface area contributed by atoms with E-state index >= 15 is 0 Å². The summed E-state index contributed by atoms with van der Waals surface area (Å²) in [5, 5.41) is 19.2. The van der Waals surface area contributed by atoms with Crippen LogP contribution in [-0.2, 0) is 0 Å². The molecular formula is C15H19BrO5. The van der Waals surface area contributed by atoms with Crippen LogP contribution in [0.2, 0.25) is 0 Å². The molecule has 0 heterocycles. The minimum absolute atomic E-state index is 0.118. The molecule has 1 saturated carbocycles. The lowest BCUT2D eigenvalue weighted by molar-refractivity contribution is 0.0300. The Bertz CT molecular complexity index is 517. The van der Waals surface area contributed by atoms with Crippen molar-refractivity contribution < 1.29 is 24.5 Å². The lowest BCUT2D eigenvalue weighted by Gasteiger charge is -2.24. The summed E-state index contributed by atoms with van der Waals surface area (Å²) in [6.07, 6.45) is 3.78. The lowest BCUT2D eigenvalue weighted by atomic mass is 10.1. The van der Waals surface area contributed by atoms with Gasteiger partial charge in [0.15, 0.2) is 11.5 Å². The molecule has 6 heteroatoms. The summed E-state index contributed by atoms with van der Waals surface area (Å²) < 4.78 is 11.7. The Morgan fingerprint density at radius 1 is 1.29 bits per heavy atom. The number of hydrogen-bond acceptors (Lipinski definition) is 4. The normalized spacial score (nSPS) is 22.4. The van der Waals surface area contributed by atoms with Gasteiger partial charge in [0, 0.05) is 0 Å². The number of aliphatic hydroxyl groups is 1. The summed E-state index contributed by atoms with van der Waals surface area (Å²) in [5.74, 6) is -0.248. The topological polar surface area (TPSA) is 76.0 Å². The number of carboxylic acids is 1. The Morgan fingerprint density at radius 3 is 2.67 bits per heavy atom. The summed E-state index contributed by atoms with van der Waals surface area (Å²) in [6, 6.07) is 2.90. The third-order valence-electron chi connectivity index (χ3n) is 3.66. The molecule has 1 fully saturated rings. The van der Waals surface area contributed by atoms with Crippen LogP contribution in [0.15, 0.2) is 16.6 Å². The zero-order chi connectivity index (χ0) is 15.4. The van der Waals surface area contributed by atoms with Crippen molar-refractivity contribution in [2.45, 2.75) is 44.3 Å². The van der Waals surface area contributed by atoms with Gasteiger partial charge >= 0.3 is 5.97 Å². The monoisotopic (exact) mass is 358 g/mol. The van der Waals surface area contributed by atoms with Gasteiger partial charge in [0.05, 0.1) is 23.2 Å². The van der Waals surface area contributed by atoms with Crippen molar-refractivity contribution in [1.82, 2.24) is 0 Å². The third-order valence-corrected chi connectivity index (χ3v) is 4.25. The van der Waals surface area contributed by atoms with Gasteiger partial charge in [-0.3, -0.25) is 0 Å². The fourth-order valence-electron chi connectivity index (χ4n) is 2.50. The van der Waals surface area contributed by atoms with Crippen molar-refractivity contribution in [2.24, 2.45) is 0 Å². The first-order chi connectivity index (χ1) is 10.0. The molecule has 0 radical (unpaired) electrons. The number of rotatable bonds is 4. The standard InChI is InChI=1S/C15H19BrO5/c1-20-13-8-9(15(18)19)7-10(16)14(13)21-12-6-4-2-3-5-11(12)17/h7-8,11-12,17H,2-6H2,1H3,(H,18,19). The largest absolute Gasteiger partial charge is 0.493 e. The fourth-order valence-corrected chi connectivity index (χ4v) is 3.04. The Kier molecular flexibility index (Phi) is 5.47. The zero-order valence-corrected chi connectivity index (χ0v) is 13.4. The lowest BCUT2D eigenvalue weighted by Crippen LogP contribution is -2.30. The summed E-state index contributed by atoms with van der Waals surface area (Å²) in [5.41, 5.74) is 0.118. The number of benzene rings is 1. The molecule has 116 valence electrons. The van der Waals surface area contributed by atoms with Gasteiger partial charge in [0.1, 0.15) is 6.10 Å². The molecule has 1 aromatic rings. The number of ether oxygens (including phenoxy) is 2. The molecule has 5 nitrogen and oxygen atoms in total. The summed E-state index contributed by atoms with van der Waals surface area (Å²) >= 11 is 3.32. The Balaban J connectivity index is 2.28. The number of carbonyl (C=O) groups is 1. The van der Waals surface area contributed by atoms with Crippen LogP contribution in [-0.4, -0.2) is 35.5 Å². The molecule has 1 aromatic carbocycles. The molecule has 0 aromatic heterocycles. The highest BCUT2D eigenvalue weighted by Gasteiger charge is 2.26. The van der Waals surface area contributed by atoms with E-state index in [4.69, 9.17) is 14.6 Å². The second-order valence-electron chi connectivity index (χ2n) is 5.16. The smallest absolute Gasteiger partial charge is 0.335 e. The van der Waals surface area contributed by atoms with Gasteiger partial charge in [0.2, 0.25) is 0 Å². The van der Waals surface area contributed by atoms with E-state index in [1.807, 2.05) is 0 Å². The average Bonchev–Trinajstić information content (AvgIpc) is 2.65. The Hall–Kier alpha value is -1.27. The Morgan fingerprint density at radius 2 is 2.00 bits per heavy atom. The highest BCUT2D eigenvalue weighted by atomic mass is 79.9. The van der Waals surface area contributed by atoms with Crippen LogP contribution in [0.1, 0.15) is 42.5 Å². The number of aliphatic hydroxyl groups excluding tert-OH is 1. The van der Waals surface area contributed by atoms with Gasteiger partial charge in [0.25, 0.3) is 0 Å². The summed E-state index contributed by atoms with van der Waals surface area (Å²) in [7, 11) is 1.46. The minimum atomic E-state index is -1.03. The summed E-state index contributed by atoms with van der Waals surface area (Å²) in [4.78, 5) is 11.1. The van der Waals surface area contributed by atoms with E-state index in [1.165, 1.54) is 19.2 Å². The molecule has 0 spiro atoms. The molecule has 0 aliphatic heterocycles. The van der Waals surface area contributed by atoms with E-state index in [-0.39, 0.29) is 11.7 Å². The van der Waals surface area contributed by atoms with Crippen molar-refractivity contribution in [3.8, 4) is 11.5 Å². The number of halogens is 1. The van der Waals surface area contributed by atoms with Crippen molar-refractivity contribution >= 4 is 21.9 Å². The van der Waals surface area contributed by atoms with E-state index < -0.39 is 12.1 Å². The second-order valence-corrected chi connectivity index (χ2v) is 6.01. The summed E-state index contributed by atoms with van der Waals surface area (Å²) in [6.45, 7) is 0. The molecule has 0 saturated heterocycles. The molecule has 2 rings (SSSR count). The van der Waals surface area contributed by atoms with Crippen LogP contribution in [0.5, 0.6) is 11.5 Å². The molecule has 0 bridgehead atoms. The molecular weight excluding hydrogens is 340 g/mol. The minimum Gasteiger partial charge on any atom is -0.493 e. The van der Waals surface area contributed by atoms with Gasteiger partial charge in [-0.15, -0.1) is 0 Å². The Labute approximate surface area is 132 Å². The van der Waals surface area contributed by atoms with Gasteiger partial charge in [-0.05, 0) is 47.3 Å². The first-order valence-electron chi connectivity index (χ1n) is 6.98. The van der Waals surface area contributed by atoms with Crippen molar-refractivity contribution in [2.75, 3.05) is 7.11 Å². The molecule has 21 heavy (non-hydrogen) atoms. The maximum atomic E-state index is 11.1.